The highest BCUT2D eigenvalue weighted by molar-refractivity contribution is 6.15. The molecule has 0 bridgehead atoms. The Hall–Kier alpha value is -3.91. The van der Waals surface area contributed by atoms with Crippen molar-refractivity contribution in [3.63, 3.8) is 0 Å². The number of hydrogen-bond donors (Lipinski definition) is 4. The zero-order chi connectivity index (χ0) is 24.6. The summed E-state index contributed by atoms with van der Waals surface area (Å²) < 4.78 is 0. The number of hydrazine groups is 1. The number of fused-ring (bicyclic) bond motifs is 1. The average Bonchev–Trinajstić information content (AvgIpc) is 2.88. The van der Waals surface area contributed by atoms with Crippen LogP contribution in [0.3, 0.4) is 0 Å². The molecule has 0 spiro atoms. The van der Waals surface area contributed by atoms with Gasteiger partial charge in [-0.1, -0.05) is 49.6 Å². The van der Waals surface area contributed by atoms with Crippen molar-refractivity contribution in [2.24, 2.45) is 17.5 Å². The predicted molar refractivity (Wildman–Crippen MR) is 138 cm³/mol. The molecule has 8 heteroatoms. The second-order valence-corrected chi connectivity index (χ2v) is 8.90. The number of anilines is 1. The molecule has 6 N–H and O–H groups in total. The number of nitrogens with two attached hydrogens (primary N) is 2. The molecule has 1 aliphatic carbocycles. The lowest BCUT2D eigenvalue weighted by Crippen LogP contribution is -2.31. The first-order valence-electron chi connectivity index (χ1n) is 12.0. The van der Waals surface area contributed by atoms with Gasteiger partial charge in [-0.15, -0.1) is 0 Å². The van der Waals surface area contributed by atoms with Crippen LogP contribution in [-0.2, 0) is 6.54 Å². The van der Waals surface area contributed by atoms with Gasteiger partial charge in [0.15, 0.2) is 5.69 Å². The third-order valence-electron chi connectivity index (χ3n) is 6.44. The van der Waals surface area contributed by atoms with Crippen LogP contribution in [0.5, 0.6) is 0 Å². The maximum absolute atomic E-state index is 13.3. The number of nitrogens with one attached hydrogen (secondary N) is 2. The summed E-state index contributed by atoms with van der Waals surface area (Å²) in [6.45, 7) is 1.07. The molecule has 1 aliphatic rings. The third-order valence-corrected chi connectivity index (χ3v) is 6.44. The molecule has 1 fully saturated rings. The normalized spacial score (nSPS) is 14.2. The van der Waals surface area contributed by atoms with Gasteiger partial charge in [0.05, 0.1) is 12.2 Å². The van der Waals surface area contributed by atoms with E-state index >= 15 is 0 Å². The van der Waals surface area contributed by atoms with Crippen molar-refractivity contribution < 1.29 is 9.59 Å². The van der Waals surface area contributed by atoms with Crippen molar-refractivity contribution in [2.45, 2.75) is 38.6 Å². The Morgan fingerprint density at radius 3 is 2.54 bits per heavy atom. The van der Waals surface area contributed by atoms with E-state index in [0.717, 1.165) is 29.2 Å². The van der Waals surface area contributed by atoms with Crippen molar-refractivity contribution in [2.75, 3.05) is 11.9 Å². The molecule has 0 radical (unpaired) electrons. The average molecular weight is 473 g/mol. The molecule has 0 unspecified atom stereocenters. The molecule has 182 valence electrons. The number of rotatable bonds is 8. The number of pyridine rings is 1. The van der Waals surface area contributed by atoms with E-state index in [2.05, 4.69) is 15.6 Å². The fourth-order valence-electron chi connectivity index (χ4n) is 4.65. The summed E-state index contributed by atoms with van der Waals surface area (Å²) in [7, 11) is 0. The van der Waals surface area contributed by atoms with Crippen LogP contribution in [0.4, 0.5) is 5.69 Å². The van der Waals surface area contributed by atoms with Gasteiger partial charge in [0.25, 0.3) is 11.8 Å². The molecule has 8 nitrogen and oxygen atoms in total. The van der Waals surface area contributed by atoms with Gasteiger partial charge in [0, 0.05) is 30.7 Å². The number of aromatic nitrogens is 1. The highest BCUT2D eigenvalue weighted by Crippen LogP contribution is 2.26. The van der Waals surface area contributed by atoms with E-state index in [1.807, 2.05) is 30.3 Å². The molecule has 0 atom stereocenters. The number of carbonyl (C=O) groups excluding carboxylic acids is 2. The monoisotopic (exact) mass is 472 g/mol. The number of amides is 2. The second-order valence-electron chi connectivity index (χ2n) is 8.90. The smallest absolute Gasteiger partial charge is 0.272 e. The van der Waals surface area contributed by atoms with Crippen LogP contribution in [0.1, 0.15) is 58.5 Å². The maximum atomic E-state index is 13.3. The van der Waals surface area contributed by atoms with Crippen LogP contribution in [0.2, 0.25) is 0 Å². The minimum Gasteiger partial charge on any atom is -0.403 e. The number of nitrogens with zero attached hydrogens (tertiary/aromatic N) is 2. The Morgan fingerprint density at radius 1 is 1.00 bits per heavy atom. The first-order chi connectivity index (χ1) is 17.1. The Morgan fingerprint density at radius 2 is 1.77 bits per heavy atom. The molecule has 1 aromatic heterocycles. The fourth-order valence-corrected chi connectivity index (χ4v) is 4.65. The summed E-state index contributed by atoms with van der Waals surface area (Å²) in [6.07, 6.45) is 10.5. The molecule has 0 aliphatic heterocycles. The Labute approximate surface area is 205 Å². The van der Waals surface area contributed by atoms with Crippen LogP contribution in [0.15, 0.2) is 67.1 Å². The van der Waals surface area contributed by atoms with E-state index in [0.29, 0.717) is 30.3 Å². The summed E-state index contributed by atoms with van der Waals surface area (Å²) in [4.78, 5) is 30.4. The molecule has 1 heterocycles. The van der Waals surface area contributed by atoms with Crippen LogP contribution in [0.25, 0.3) is 10.8 Å². The summed E-state index contributed by atoms with van der Waals surface area (Å²) in [5.41, 5.74) is 7.49. The predicted octanol–water partition coefficient (Wildman–Crippen LogP) is 3.90. The molecule has 1 saturated carbocycles. The summed E-state index contributed by atoms with van der Waals surface area (Å²) in [6, 6.07) is 14.7. The van der Waals surface area contributed by atoms with Gasteiger partial charge in [0.1, 0.15) is 0 Å². The first-order valence-corrected chi connectivity index (χ1v) is 12.0. The molecule has 3 aromatic rings. The van der Waals surface area contributed by atoms with Crippen molar-refractivity contribution in [3.8, 4) is 0 Å². The van der Waals surface area contributed by atoms with E-state index in [1.165, 1.54) is 30.5 Å². The quantitative estimate of drug-likeness (QED) is 0.291. The lowest BCUT2D eigenvalue weighted by Gasteiger charge is -2.21. The topological polar surface area (TPSA) is 126 Å². The zero-order valence-corrected chi connectivity index (χ0v) is 19.7. The fraction of sp³-hybridized carbons (Fsp3) is 0.296. The van der Waals surface area contributed by atoms with Gasteiger partial charge in [-0.05, 0) is 53.3 Å². The minimum absolute atomic E-state index is 0.213. The van der Waals surface area contributed by atoms with Crippen molar-refractivity contribution in [1.29, 1.82) is 0 Å². The lowest BCUT2D eigenvalue weighted by atomic mass is 9.89. The van der Waals surface area contributed by atoms with Gasteiger partial charge in [-0.3, -0.25) is 9.59 Å². The molecule has 35 heavy (non-hydrogen) atoms. The van der Waals surface area contributed by atoms with Crippen LogP contribution in [0, 0.1) is 5.92 Å². The Bertz CT molecular complexity index is 1220. The minimum atomic E-state index is -0.312. The van der Waals surface area contributed by atoms with Gasteiger partial charge >= 0.3 is 0 Å². The van der Waals surface area contributed by atoms with Gasteiger partial charge < -0.3 is 21.4 Å². The molecule has 4 rings (SSSR count). The largest absolute Gasteiger partial charge is 0.403 e. The van der Waals surface area contributed by atoms with Crippen molar-refractivity contribution in [3.05, 3.63) is 83.9 Å². The summed E-state index contributed by atoms with van der Waals surface area (Å²) in [5, 5.41) is 9.08. The number of carbonyl (C=O) groups is 2. The maximum Gasteiger partial charge on any atom is 0.272 e. The molecule has 2 aromatic carbocycles. The molecule has 0 saturated heterocycles. The van der Waals surface area contributed by atoms with Crippen molar-refractivity contribution >= 4 is 28.3 Å². The summed E-state index contributed by atoms with van der Waals surface area (Å²) in [5.74, 6) is 5.88. The van der Waals surface area contributed by atoms with E-state index in [4.69, 9.17) is 11.6 Å². The van der Waals surface area contributed by atoms with Gasteiger partial charge in [0.2, 0.25) is 0 Å². The van der Waals surface area contributed by atoms with E-state index < -0.39 is 0 Å². The number of hydrogen-bond acceptors (Lipinski definition) is 6. The number of benzene rings is 2. The Kier molecular flexibility index (Phi) is 7.95. The van der Waals surface area contributed by atoms with E-state index in [-0.39, 0.29) is 17.5 Å². The lowest BCUT2D eigenvalue weighted by molar-refractivity contribution is 0.0939. The van der Waals surface area contributed by atoms with E-state index in [9.17, 15) is 9.59 Å². The first kappa shape index (κ1) is 24.2. The van der Waals surface area contributed by atoms with Crippen molar-refractivity contribution in [1.82, 2.24) is 15.3 Å². The highest BCUT2D eigenvalue weighted by atomic mass is 16.2. The SMILES string of the molecule is N/C=C\N(N)Cc1ccc(C(=O)Nc2cccnc2C(=O)NCC2CCCCC2)c2ccccc12. The molecule has 2 amide bonds. The standard InChI is InChI=1S/C27H32N6O2/c28-14-16-33(29)18-20-12-13-23(22-10-5-4-9-21(20)22)26(34)32-24-11-6-15-30-25(24)27(35)31-17-19-7-2-1-3-8-19/h4-6,9-16,19H,1-3,7-8,17-18,28-29H2,(H,31,35)(H,32,34)/b16-14-. The van der Waals surface area contributed by atoms with Crippen LogP contribution >= 0.6 is 0 Å². The molecular formula is C27H32N6O2. The molecular weight excluding hydrogens is 440 g/mol. The zero-order valence-electron chi connectivity index (χ0n) is 19.7. The van der Waals surface area contributed by atoms with Gasteiger partial charge in [-0.2, -0.15) is 0 Å². The Balaban J connectivity index is 1.53. The summed E-state index contributed by atoms with van der Waals surface area (Å²) >= 11 is 0. The van der Waals surface area contributed by atoms with Crippen LogP contribution < -0.4 is 22.2 Å². The van der Waals surface area contributed by atoms with E-state index in [1.54, 1.807) is 30.6 Å². The van der Waals surface area contributed by atoms with Gasteiger partial charge in [-0.25, -0.2) is 10.8 Å². The second kappa shape index (κ2) is 11.5. The highest BCUT2D eigenvalue weighted by Gasteiger charge is 2.20. The van der Waals surface area contributed by atoms with Crippen LogP contribution in [-0.4, -0.2) is 28.4 Å². The third kappa shape index (κ3) is 5.96.